The number of pyridine rings is 1. The van der Waals surface area contributed by atoms with E-state index in [-0.39, 0.29) is 18.0 Å². The zero-order chi connectivity index (χ0) is 16.1. The number of ether oxygens (including phenoxy) is 1. The number of nitrogens with one attached hydrogen (secondary N) is 1. The molecule has 1 saturated heterocycles. The first-order chi connectivity index (χ1) is 11.2. The molecule has 6 heteroatoms. The molecule has 1 aromatic carbocycles. The van der Waals surface area contributed by atoms with E-state index in [1.54, 1.807) is 29.3 Å². The van der Waals surface area contributed by atoms with Gasteiger partial charge in [-0.2, -0.15) is 0 Å². The number of likely N-dealkylation sites (tertiary alicyclic amines) is 1. The lowest BCUT2D eigenvalue weighted by Crippen LogP contribution is -2.39. The van der Waals surface area contributed by atoms with Crippen LogP contribution in [0, 0.1) is 5.82 Å². The zero-order valence-electron chi connectivity index (χ0n) is 12.6. The van der Waals surface area contributed by atoms with Crippen molar-refractivity contribution >= 4 is 6.03 Å². The van der Waals surface area contributed by atoms with Crippen LogP contribution in [-0.2, 0) is 6.54 Å². The molecule has 2 aromatic rings. The van der Waals surface area contributed by atoms with Gasteiger partial charge in [-0.05, 0) is 23.8 Å². The van der Waals surface area contributed by atoms with Gasteiger partial charge in [-0.3, -0.25) is 0 Å². The Morgan fingerprint density at radius 1 is 1.30 bits per heavy atom. The molecule has 1 aliphatic heterocycles. The molecule has 5 nitrogen and oxygen atoms in total. The van der Waals surface area contributed by atoms with Gasteiger partial charge in [0, 0.05) is 31.8 Å². The number of halogens is 1. The molecule has 0 aliphatic carbocycles. The molecule has 1 fully saturated rings. The van der Waals surface area contributed by atoms with Crippen molar-refractivity contribution in [2.75, 3.05) is 13.1 Å². The second-order valence-electron chi connectivity index (χ2n) is 5.43. The third-order valence-electron chi connectivity index (χ3n) is 3.71. The minimum atomic E-state index is -0.283. The molecule has 0 saturated carbocycles. The number of aromatic nitrogens is 1. The van der Waals surface area contributed by atoms with E-state index >= 15 is 0 Å². The highest BCUT2D eigenvalue weighted by molar-refractivity contribution is 5.74. The largest absolute Gasteiger partial charge is 0.472 e. The topological polar surface area (TPSA) is 54.5 Å². The Labute approximate surface area is 134 Å². The van der Waals surface area contributed by atoms with Gasteiger partial charge in [-0.15, -0.1) is 0 Å². The van der Waals surface area contributed by atoms with Crippen LogP contribution in [0.3, 0.4) is 0 Å². The van der Waals surface area contributed by atoms with Crippen molar-refractivity contribution in [2.24, 2.45) is 0 Å². The van der Waals surface area contributed by atoms with Crippen LogP contribution in [0.1, 0.15) is 12.0 Å². The van der Waals surface area contributed by atoms with Gasteiger partial charge in [0.05, 0.1) is 6.54 Å². The number of benzene rings is 1. The van der Waals surface area contributed by atoms with E-state index in [1.807, 2.05) is 12.1 Å². The summed E-state index contributed by atoms with van der Waals surface area (Å²) < 4.78 is 18.6. The second kappa shape index (κ2) is 7.09. The standard InChI is InChI=1S/C17H18FN3O2/c18-14-6-4-13(5-7-14)11-20-17(22)21-10-8-15(12-21)23-16-3-1-2-9-19-16/h1-7,9,15H,8,10-12H2,(H,20,22). The molecule has 120 valence electrons. The summed E-state index contributed by atoms with van der Waals surface area (Å²) >= 11 is 0. The van der Waals surface area contributed by atoms with Gasteiger partial charge < -0.3 is 15.0 Å². The fourth-order valence-electron chi connectivity index (χ4n) is 2.49. The molecular formula is C17H18FN3O2. The maximum absolute atomic E-state index is 12.8. The summed E-state index contributed by atoms with van der Waals surface area (Å²) in [5, 5.41) is 2.84. The maximum Gasteiger partial charge on any atom is 0.317 e. The number of hydrogen-bond acceptors (Lipinski definition) is 3. The second-order valence-corrected chi connectivity index (χ2v) is 5.43. The van der Waals surface area contributed by atoms with Gasteiger partial charge in [-0.25, -0.2) is 14.2 Å². The minimum absolute atomic E-state index is 0.0403. The predicted octanol–water partition coefficient (Wildman–Crippen LogP) is 2.58. The lowest BCUT2D eigenvalue weighted by molar-refractivity contribution is 0.183. The van der Waals surface area contributed by atoms with E-state index in [1.165, 1.54) is 12.1 Å². The molecule has 23 heavy (non-hydrogen) atoms. The fourth-order valence-corrected chi connectivity index (χ4v) is 2.49. The molecular weight excluding hydrogens is 297 g/mol. The quantitative estimate of drug-likeness (QED) is 0.943. The first-order valence-electron chi connectivity index (χ1n) is 7.55. The average molecular weight is 315 g/mol. The smallest absolute Gasteiger partial charge is 0.317 e. The van der Waals surface area contributed by atoms with Gasteiger partial charge in [-0.1, -0.05) is 18.2 Å². The lowest BCUT2D eigenvalue weighted by atomic mass is 10.2. The van der Waals surface area contributed by atoms with E-state index in [9.17, 15) is 9.18 Å². The van der Waals surface area contributed by atoms with Gasteiger partial charge >= 0.3 is 6.03 Å². The Morgan fingerprint density at radius 3 is 2.87 bits per heavy atom. The third-order valence-corrected chi connectivity index (χ3v) is 3.71. The SMILES string of the molecule is O=C(NCc1ccc(F)cc1)N1CCC(Oc2ccccn2)C1. The molecule has 1 aromatic heterocycles. The molecule has 0 spiro atoms. The maximum atomic E-state index is 12.8. The highest BCUT2D eigenvalue weighted by atomic mass is 19.1. The summed E-state index contributed by atoms with van der Waals surface area (Å²) in [6, 6.07) is 11.4. The molecule has 1 N–H and O–H groups in total. The molecule has 1 unspecified atom stereocenters. The summed E-state index contributed by atoms with van der Waals surface area (Å²) in [6.07, 6.45) is 2.42. The minimum Gasteiger partial charge on any atom is -0.472 e. The number of nitrogens with zero attached hydrogens (tertiary/aromatic N) is 2. The first kappa shape index (κ1) is 15.3. The van der Waals surface area contributed by atoms with Gasteiger partial charge in [0.1, 0.15) is 11.9 Å². The molecule has 1 aliphatic rings. The number of urea groups is 1. The summed E-state index contributed by atoms with van der Waals surface area (Å²) in [7, 11) is 0. The summed E-state index contributed by atoms with van der Waals surface area (Å²) in [5.41, 5.74) is 0.861. The fraction of sp³-hybridized carbons (Fsp3) is 0.294. The highest BCUT2D eigenvalue weighted by Gasteiger charge is 2.27. The monoisotopic (exact) mass is 315 g/mol. The average Bonchev–Trinajstić information content (AvgIpc) is 3.03. The summed E-state index contributed by atoms with van der Waals surface area (Å²) in [4.78, 5) is 18.0. The number of carbonyl (C=O) groups is 1. The van der Waals surface area contributed by atoms with Crippen molar-refractivity contribution in [3.63, 3.8) is 0 Å². The van der Waals surface area contributed by atoms with Crippen molar-refractivity contribution in [3.8, 4) is 5.88 Å². The Morgan fingerprint density at radius 2 is 2.13 bits per heavy atom. The molecule has 2 amide bonds. The van der Waals surface area contributed by atoms with Crippen molar-refractivity contribution in [2.45, 2.75) is 19.1 Å². The van der Waals surface area contributed by atoms with Crippen LogP contribution in [0.2, 0.25) is 0 Å². The lowest BCUT2D eigenvalue weighted by Gasteiger charge is -2.17. The first-order valence-corrected chi connectivity index (χ1v) is 7.55. The van der Waals surface area contributed by atoms with Crippen LogP contribution in [0.5, 0.6) is 5.88 Å². The van der Waals surface area contributed by atoms with Gasteiger partial charge in [0.15, 0.2) is 0 Å². The number of rotatable bonds is 4. The van der Waals surface area contributed by atoms with Crippen molar-refractivity contribution in [3.05, 3.63) is 60.0 Å². The van der Waals surface area contributed by atoms with Crippen LogP contribution < -0.4 is 10.1 Å². The molecule has 0 bridgehead atoms. The van der Waals surface area contributed by atoms with Crippen LogP contribution in [0.25, 0.3) is 0 Å². The summed E-state index contributed by atoms with van der Waals surface area (Å²) in [6.45, 7) is 1.56. The van der Waals surface area contributed by atoms with Crippen LogP contribution in [0.4, 0.5) is 9.18 Å². The number of carbonyl (C=O) groups excluding carboxylic acids is 1. The van der Waals surface area contributed by atoms with Crippen LogP contribution in [-0.4, -0.2) is 35.1 Å². The molecule has 2 heterocycles. The summed E-state index contributed by atoms with van der Waals surface area (Å²) in [5.74, 6) is 0.292. The van der Waals surface area contributed by atoms with Gasteiger partial charge in [0.25, 0.3) is 0 Å². The number of amides is 2. The van der Waals surface area contributed by atoms with Crippen molar-refractivity contribution in [1.29, 1.82) is 0 Å². The Hall–Kier alpha value is -2.63. The van der Waals surface area contributed by atoms with E-state index in [0.717, 1.165) is 12.0 Å². The molecule has 3 rings (SSSR count). The molecule has 0 radical (unpaired) electrons. The van der Waals surface area contributed by atoms with E-state index in [2.05, 4.69) is 10.3 Å². The highest BCUT2D eigenvalue weighted by Crippen LogP contribution is 2.16. The predicted molar refractivity (Wildman–Crippen MR) is 83.5 cm³/mol. The Balaban J connectivity index is 1.46. The van der Waals surface area contributed by atoms with Crippen LogP contribution in [0.15, 0.2) is 48.7 Å². The van der Waals surface area contributed by atoms with Gasteiger partial charge in [0.2, 0.25) is 5.88 Å². The van der Waals surface area contributed by atoms with Crippen molar-refractivity contribution in [1.82, 2.24) is 15.2 Å². The van der Waals surface area contributed by atoms with E-state index in [0.29, 0.717) is 25.5 Å². The van der Waals surface area contributed by atoms with Crippen molar-refractivity contribution < 1.29 is 13.9 Å². The van der Waals surface area contributed by atoms with E-state index < -0.39 is 0 Å². The molecule has 1 atom stereocenters. The third kappa shape index (κ3) is 4.18. The number of hydrogen-bond donors (Lipinski definition) is 1. The van der Waals surface area contributed by atoms with Crippen LogP contribution >= 0.6 is 0 Å². The van der Waals surface area contributed by atoms with E-state index in [4.69, 9.17) is 4.74 Å². The Kier molecular flexibility index (Phi) is 4.71. The zero-order valence-corrected chi connectivity index (χ0v) is 12.6. The Bertz CT molecular complexity index is 649. The normalized spacial score (nSPS) is 17.1.